The van der Waals surface area contributed by atoms with Gasteiger partial charge in [0.2, 0.25) is 10.0 Å². The smallest absolute Gasteiger partial charge is 0.417 e. The number of carbonyl (C=O) groups is 1. The van der Waals surface area contributed by atoms with E-state index >= 15 is 0 Å². The van der Waals surface area contributed by atoms with Gasteiger partial charge in [-0.05, 0) is 50.9 Å². The second-order valence-corrected chi connectivity index (χ2v) is 9.67. The van der Waals surface area contributed by atoms with Gasteiger partial charge in [0.1, 0.15) is 6.10 Å². The molecule has 0 radical (unpaired) electrons. The van der Waals surface area contributed by atoms with Gasteiger partial charge < -0.3 is 4.74 Å². The Hall–Kier alpha value is -1.65. The number of likely N-dealkylation sites (N-methyl/N-ethyl adjacent to an activating group) is 1. The number of piperidine rings is 2. The monoisotopic (exact) mass is 448 g/mol. The maximum absolute atomic E-state index is 13.2. The Bertz CT molecular complexity index is 852. The number of esters is 1. The first-order chi connectivity index (χ1) is 14.1. The van der Waals surface area contributed by atoms with Crippen LogP contribution in [0.4, 0.5) is 13.2 Å². The third kappa shape index (κ3) is 5.15. The minimum absolute atomic E-state index is 0.0138. The van der Waals surface area contributed by atoms with E-state index in [9.17, 15) is 26.4 Å². The second-order valence-electron chi connectivity index (χ2n) is 7.77. The van der Waals surface area contributed by atoms with Gasteiger partial charge in [0.25, 0.3) is 0 Å². The van der Waals surface area contributed by atoms with Gasteiger partial charge in [-0.15, -0.1) is 0 Å². The molecule has 2 heterocycles. The Morgan fingerprint density at radius 3 is 2.43 bits per heavy atom. The van der Waals surface area contributed by atoms with Crippen LogP contribution in [-0.2, 0) is 25.7 Å². The van der Waals surface area contributed by atoms with E-state index < -0.39 is 32.6 Å². The normalized spacial score (nSPS) is 22.7. The molecular formula is C20H27F3N2O4S. The number of likely N-dealkylation sites (tertiary alicyclic amines) is 1. The average molecular weight is 449 g/mol. The lowest BCUT2D eigenvalue weighted by molar-refractivity contribution is -0.158. The number of carbonyl (C=O) groups excluding carboxylic acids is 1. The zero-order valence-electron chi connectivity index (χ0n) is 16.9. The average Bonchev–Trinajstić information content (AvgIpc) is 2.73. The standard InChI is InChI=1S/C20H27F3N2O4S/c1-2-24-11-5-6-16(14-24)29-19(26)15-9-12-25(13-10-15)30(27,28)18-8-4-3-7-17(18)20(21,22)23/h3-4,7-8,15-16H,2,5-6,9-14H2,1H3. The molecule has 0 N–H and O–H groups in total. The summed E-state index contributed by atoms with van der Waals surface area (Å²) in [5.41, 5.74) is -1.18. The third-order valence-electron chi connectivity index (χ3n) is 5.79. The van der Waals surface area contributed by atoms with Crippen LogP contribution in [0.15, 0.2) is 29.2 Å². The van der Waals surface area contributed by atoms with Crippen LogP contribution in [0, 0.1) is 5.92 Å². The van der Waals surface area contributed by atoms with Crippen LogP contribution in [0.25, 0.3) is 0 Å². The van der Waals surface area contributed by atoms with Crippen molar-refractivity contribution in [3.8, 4) is 0 Å². The lowest BCUT2D eigenvalue weighted by Crippen LogP contribution is -2.44. The van der Waals surface area contributed by atoms with E-state index in [0.29, 0.717) is 6.54 Å². The molecule has 2 fully saturated rings. The molecule has 0 bridgehead atoms. The molecule has 1 atom stereocenters. The number of halogens is 3. The molecule has 0 saturated carbocycles. The Kier molecular flexibility index (Phi) is 7.09. The number of ether oxygens (including phenoxy) is 1. The predicted octanol–water partition coefficient (Wildman–Crippen LogP) is 3.13. The summed E-state index contributed by atoms with van der Waals surface area (Å²) in [4.78, 5) is 14.0. The molecule has 2 aliphatic rings. The van der Waals surface area contributed by atoms with Crippen molar-refractivity contribution in [2.45, 2.75) is 49.8 Å². The zero-order valence-corrected chi connectivity index (χ0v) is 17.7. The summed E-state index contributed by atoms with van der Waals surface area (Å²) < 4.78 is 72.0. The molecule has 1 unspecified atom stereocenters. The summed E-state index contributed by atoms with van der Waals surface area (Å²) in [5, 5.41) is 0. The van der Waals surface area contributed by atoms with Gasteiger partial charge in [-0.3, -0.25) is 9.69 Å². The van der Waals surface area contributed by atoms with Crippen LogP contribution in [0.2, 0.25) is 0 Å². The zero-order chi connectivity index (χ0) is 21.9. The number of rotatable bonds is 5. The van der Waals surface area contributed by atoms with Gasteiger partial charge in [-0.25, -0.2) is 8.42 Å². The first-order valence-corrected chi connectivity index (χ1v) is 11.7. The van der Waals surface area contributed by atoms with Gasteiger partial charge in [0.15, 0.2) is 0 Å². The van der Waals surface area contributed by atoms with E-state index in [4.69, 9.17) is 4.74 Å². The Labute approximate surface area is 175 Å². The molecule has 0 amide bonds. The van der Waals surface area contributed by atoms with Crippen LogP contribution in [-0.4, -0.2) is 62.4 Å². The minimum atomic E-state index is -4.77. The van der Waals surface area contributed by atoms with E-state index in [1.165, 1.54) is 6.07 Å². The summed E-state index contributed by atoms with van der Waals surface area (Å²) in [6, 6.07) is 4.17. The van der Waals surface area contributed by atoms with Crippen LogP contribution in [0.1, 0.15) is 38.2 Å². The van der Waals surface area contributed by atoms with E-state index in [1.54, 1.807) is 0 Å². The van der Waals surface area contributed by atoms with Gasteiger partial charge in [-0.2, -0.15) is 17.5 Å². The van der Waals surface area contributed by atoms with E-state index in [-0.39, 0.29) is 38.0 Å². The number of alkyl halides is 3. The molecular weight excluding hydrogens is 421 g/mol. The van der Waals surface area contributed by atoms with Crippen molar-refractivity contribution in [2.75, 3.05) is 32.7 Å². The number of nitrogens with zero attached hydrogens (tertiary/aromatic N) is 2. The molecule has 0 spiro atoms. The van der Waals surface area contributed by atoms with Crippen LogP contribution >= 0.6 is 0 Å². The second kappa shape index (κ2) is 9.23. The molecule has 168 valence electrons. The summed E-state index contributed by atoms with van der Waals surface area (Å²) >= 11 is 0. The van der Waals surface area contributed by atoms with Crippen molar-refractivity contribution in [2.24, 2.45) is 5.92 Å². The molecule has 1 aromatic carbocycles. The van der Waals surface area contributed by atoms with Crippen molar-refractivity contribution in [3.05, 3.63) is 29.8 Å². The number of benzene rings is 1. The van der Waals surface area contributed by atoms with E-state index in [1.807, 2.05) is 0 Å². The summed E-state index contributed by atoms with van der Waals surface area (Å²) in [5.74, 6) is -0.781. The lowest BCUT2D eigenvalue weighted by Gasteiger charge is -2.34. The lowest BCUT2D eigenvalue weighted by atomic mass is 9.98. The van der Waals surface area contributed by atoms with Crippen LogP contribution in [0.5, 0.6) is 0 Å². The minimum Gasteiger partial charge on any atom is -0.461 e. The van der Waals surface area contributed by atoms with Gasteiger partial charge >= 0.3 is 12.1 Å². The van der Waals surface area contributed by atoms with Crippen molar-refractivity contribution in [1.82, 2.24) is 9.21 Å². The molecule has 6 nitrogen and oxygen atoms in total. The first kappa shape index (κ1) is 23.0. The summed E-state index contributed by atoms with van der Waals surface area (Å²) in [7, 11) is -4.31. The van der Waals surface area contributed by atoms with Gasteiger partial charge in [0.05, 0.1) is 16.4 Å². The highest BCUT2D eigenvalue weighted by molar-refractivity contribution is 7.89. The first-order valence-electron chi connectivity index (χ1n) is 10.2. The fourth-order valence-corrected chi connectivity index (χ4v) is 5.74. The van der Waals surface area contributed by atoms with Crippen molar-refractivity contribution in [3.63, 3.8) is 0 Å². The Morgan fingerprint density at radius 2 is 1.80 bits per heavy atom. The van der Waals surface area contributed by atoms with Gasteiger partial charge in [-0.1, -0.05) is 19.1 Å². The highest BCUT2D eigenvalue weighted by atomic mass is 32.2. The highest BCUT2D eigenvalue weighted by Crippen LogP contribution is 2.36. The van der Waals surface area contributed by atoms with E-state index in [0.717, 1.165) is 48.4 Å². The summed E-state index contributed by atoms with van der Waals surface area (Å²) in [6.45, 7) is 4.60. The molecule has 2 aliphatic heterocycles. The SMILES string of the molecule is CCN1CCCC(OC(=O)C2CCN(S(=O)(=O)c3ccccc3C(F)(F)F)CC2)C1. The van der Waals surface area contributed by atoms with Crippen molar-refractivity contribution in [1.29, 1.82) is 0 Å². The quantitative estimate of drug-likeness (QED) is 0.648. The van der Waals surface area contributed by atoms with Crippen LogP contribution in [0.3, 0.4) is 0 Å². The molecule has 0 aliphatic carbocycles. The van der Waals surface area contributed by atoms with Gasteiger partial charge in [0, 0.05) is 19.6 Å². The fraction of sp³-hybridized carbons (Fsp3) is 0.650. The molecule has 0 aromatic heterocycles. The predicted molar refractivity (Wildman–Crippen MR) is 104 cm³/mol. The van der Waals surface area contributed by atoms with Crippen LogP contribution < -0.4 is 0 Å². The largest absolute Gasteiger partial charge is 0.461 e. The molecule has 1 aromatic rings. The topological polar surface area (TPSA) is 66.9 Å². The number of hydrogen-bond acceptors (Lipinski definition) is 5. The third-order valence-corrected chi connectivity index (χ3v) is 7.75. The molecule has 10 heteroatoms. The van der Waals surface area contributed by atoms with Crippen molar-refractivity contribution < 1.29 is 31.1 Å². The Balaban J connectivity index is 1.62. The number of sulfonamides is 1. The summed E-state index contributed by atoms with van der Waals surface area (Å²) in [6.07, 6.45) is -2.69. The van der Waals surface area contributed by atoms with Crippen molar-refractivity contribution >= 4 is 16.0 Å². The fourth-order valence-electron chi connectivity index (χ4n) is 4.05. The molecule has 3 rings (SSSR count). The number of hydrogen-bond donors (Lipinski definition) is 0. The maximum Gasteiger partial charge on any atom is 0.417 e. The maximum atomic E-state index is 13.2. The molecule has 2 saturated heterocycles. The van der Waals surface area contributed by atoms with E-state index in [2.05, 4.69) is 11.8 Å². The highest BCUT2D eigenvalue weighted by Gasteiger charge is 2.40. The molecule has 30 heavy (non-hydrogen) atoms. The Morgan fingerprint density at radius 1 is 1.13 bits per heavy atom.